The van der Waals surface area contributed by atoms with Gasteiger partial charge in [0.1, 0.15) is 0 Å². The van der Waals surface area contributed by atoms with Crippen molar-refractivity contribution in [2.24, 2.45) is 0 Å². The molecule has 0 N–H and O–H groups in total. The third-order valence-corrected chi connectivity index (χ3v) is 15.7. The van der Waals surface area contributed by atoms with Crippen molar-refractivity contribution < 1.29 is 0 Å². The van der Waals surface area contributed by atoms with Gasteiger partial charge in [-0.1, -0.05) is 91.0 Å². The molecule has 3 fully saturated rings. The fraction of sp³-hybridized carbons (Fsp3) is 0.174. The lowest BCUT2D eigenvalue weighted by Gasteiger charge is -2.36. The van der Waals surface area contributed by atoms with Crippen LogP contribution in [0.3, 0.4) is 0 Å². The lowest BCUT2D eigenvalue weighted by atomic mass is 10.0. The van der Waals surface area contributed by atoms with Crippen molar-refractivity contribution in [3.8, 4) is 67.2 Å². The van der Waals surface area contributed by atoms with Crippen molar-refractivity contribution in [3.05, 3.63) is 238 Å². The molecule has 12 aromatic rings. The zero-order chi connectivity index (χ0) is 60.5. The maximum atomic E-state index is 4.66. The van der Waals surface area contributed by atoms with Gasteiger partial charge in [0.15, 0.2) is 17.5 Å². The highest BCUT2D eigenvalue weighted by atomic mass is 35.5. The maximum absolute atomic E-state index is 4.66. The van der Waals surface area contributed by atoms with Gasteiger partial charge < -0.3 is 29.4 Å². The molecule has 0 radical (unpaired) electrons. The molecule has 3 aliphatic heterocycles. The Morgan fingerprint density at radius 1 is 0.213 bits per heavy atom. The van der Waals surface area contributed by atoms with E-state index >= 15 is 0 Å². The van der Waals surface area contributed by atoms with Crippen molar-refractivity contribution in [2.45, 2.75) is 0 Å². The van der Waals surface area contributed by atoms with Gasteiger partial charge >= 0.3 is 0 Å². The van der Waals surface area contributed by atoms with Crippen LogP contribution in [0.1, 0.15) is 0 Å². The number of aromatic nitrogens is 15. The van der Waals surface area contributed by atoms with Crippen LogP contribution in [-0.2, 0) is 0 Å². The molecule has 0 aliphatic carbocycles. The molecule has 0 amide bonds. The minimum absolute atomic E-state index is 0. The Kier molecular flexibility index (Phi) is 24.4. The van der Waals surface area contributed by atoms with Gasteiger partial charge in [-0.15, -0.1) is 80.2 Å². The van der Waals surface area contributed by atoms with Gasteiger partial charge in [0.05, 0.1) is 17.1 Å². The van der Waals surface area contributed by atoms with E-state index in [1.54, 1.807) is 37.2 Å². The summed E-state index contributed by atoms with van der Waals surface area (Å²) in [5.74, 6) is 5.02. The third kappa shape index (κ3) is 16.6. The number of benzene rings is 3. The topological polar surface area (TPSA) is 213 Å². The van der Waals surface area contributed by atoms with Crippen LogP contribution in [0.15, 0.2) is 238 Å². The molecule has 94 heavy (non-hydrogen) atoms. The molecule has 0 unspecified atom stereocenters. The first-order valence-electron chi connectivity index (χ1n) is 30.0. The van der Waals surface area contributed by atoms with Gasteiger partial charge in [-0.25, -0.2) is 29.9 Å². The highest BCUT2D eigenvalue weighted by Gasteiger charge is 2.27. The minimum Gasteiger partial charge on any atom is -0.351 e. The lowest BCUT2D eigenvalue weighted by molar-refractivity contribution is 0.632. The van der Waals surface area contributed by atoms with Crippen LogP contribution in [0.4, 0.5) is 35.3 Å². The quantitative estimate of drug-likeness (QED) is 0.111. The predicted molar refractivity (Wildman–Crippen MR) is 380 cm³/mol. The second-order valence-corrected chi connectivity index (χ2v) is 21.3. The van der Waals surface area contributed by atoms with Crippen molar-refractivity contribution in [1.82, 2.24) is 75.4 Å². The van der Waals surface area contributed by atoms with Crippen LogP contribution in [-0.4, -0.2) is 154 Å². The number of anilines is 6. The summed E-state index contributed by atoms with van der Waals surface area (Å²) in [5.41, 5.74) is 12.2. The number of piperazine rings is 3. The van der Waals surface area contributed by atoms with Gasteiger partial charge in [0, 0.05) is 186 Å². The average Bonchev–Trinajstić information content (AvgIpc) is 0.850. The molecule has 21 nitrogen and oxygen atoms in total. The summed E-state index contributed by atoms with van der Waals surface area (Å²) >= 11 is 0. The first kappa shape index (κ1) is 67.9. The molecule has 0 atom stereocenters. The van der Waals surface area contributed by atoms with Gasteiger partial charge in [-0.05, 0) is 89.5 Å². The summed E-state index contributed by atoms with van der Waals surface area (Å²) in [4.78, 5) is 52.2. The fourth-order valence-electron chi connectivity index (χ4n) is 11.1. The Morgan fingerprint density at radius 3 is 0.670 bits per heavy atom. The lowest BCUT2D eigenvalue weighted by Crippen LogP contribution is -2.47. The highest BCUT2D eigenvalue weighted by Crippen LogP contribution is 2.36. The molecule has 3 saturated heterocycles. The van der Waals surface area contributed by atoms with E-state index in [-0.39, 0.29) is 49.6 Å². The van der Waals surface area contributed by atoms with Crippen LogP contribution in [0.25, 0.3) is 67.2 Å². The van der Waals surface area contributed by atoms with Crippen molar-refractivity contribution in [2.75, 3.05) is 108 Å². The first-order chi connectivity index (χ1) is 44.6. The summed E-state index contributed by atoms with van der Waals surface area (Å²) in [6.45, 7) is 9.99. The number of rotatable bonds is 12. The van der Waals surface area contributed by atoms with E-state index in [2.05, 4.69) is 159 Å². The van der Waals surface area contributed by atoms with E-state index in [4.69, 9.17) is 0 Å². The SMILES string of the molecule is Cl.Cl.Cl.Cl.c1ccc(-c2cc(-c3ccncc3)c(N3CCN(c4ncccn4)CC3)nn2)cc1.c1ccc(-c2cc(-c3ccncc3)c(N3CCN(c4ncccn4)CC3)nn2)cc1.c1ccc(-c2cc(-c3ccncc3)c(N3CCN(c4ncccn4)CC3)nn2)cc1. The summed E-state index contributed by atoms with van der Waals surface area (Å²) in [5, 5.41) is 27.6. The number of nitrogens with zero attached hydrogens (tertiary/aromatic N) is 21. The van der Waals surface area contributed by atoms with E-state index < -0.39 is 0 Å². The minimum atomic E-state index is 0. The zero-order valence-electron chi connectivity index (χ0n) is 51.0. The van der Waals surface area contributed by atoms with E-state index in [9.17, 15) is 0 Å². The Bertz CT molecular complexity index is 3750. The Morgan fingerprint density at radius 2 is 0.436 bits per heavy atom. The molecule has 25 heteroatoms. The summed E-state index contributed by atoms with van der Waals surface area (Å²) < 4.78 is 0. The second kappa shape index (κ2) is 33.7. The second-order valence-electron chi connectivity index (χ2n) is 21.3. The molecule has 3 aliphatic rings. The van der Waals surface area contributed by atoms with E-state index in [1.807, 2.05) is 146 Å². The van der Waals surface area contributed by atoms with Crippen LogP contribution in [0.2, 0.25) is 0 Å². The largest absolute Gasteiger partial charge is 0.351 e. The smallest absolute Gasteiger partial charge is 0.225 e. The monoisotopic (exact) mass is 1330 g/mol. The van der Waals surface area contributed by atoms with E-state index in [0.29, 0.717) is 0 Å². The highest BCUT2D eigenvalue weighted by molar-refractivity contribution is 5.86. The first-order valence-corrected chi connectivity index (χ1v) is 30.0. The molecule has 0 bridgehead atoms. The molecule has 3 aromatic carbocycles. The normalized spacial score (nSPS) is 13.4. The van der Waals surface area contributed by atoms with E-state index in [1.165, 1.54) is 0 Å². The number of pyridine rings is 3. The van der Waals surface area contributed by atoms with Crippen molar-refractivity contribution >= 4 is 84.9 Å². The molecular formula is C69H67Cl4N21. The van der Waals surface area contributed by atoms with Gasteiger partial charge in [0.2, 0.25) is 17.8 Å². The van der Waals surface area contributed by atoms with Crippen LogP contribution >= 0.6 is 49.6 Å². The van der Waals surface area contributed by atoms with Gasteiger partial charge in [-0.3, -0.25) is 15.0 Å². The average molecular weight is 1330 g/mol. The van der Waals surface area contributed by atoms with Gasteiger partial charge in [-0.2, -0.15) is 0 Å². The number of hydrogen-bond acceptors (Lipinski definition) is 21. The Labute approximate surface area is 570 Å². The molecule has 12 heterocycles. The fourth-order valence-corrected chi connectivity index (χ4v) is 11.1. The molecule has 0 spiro atoms. The predicted octanol–water partition coefficient (Wildman–Crippen LogP) is 11.7. The zero-order valence-corrected chi connectivity index (χ0v) is 54.3. The van der Waals surface area contributed by atoms with Crippen molar-refractivity contribution in [1.29, 1.82) is 0 Å². The molecule has 0 saturated carbocycles. The maximum Gasteiger partial charge on any atom is 0.225 e. The van der Waals surface area contributed by atoms with Gasteiger partial charge in [0.25, 0.3) is 0 Å². The standard InChI is InChI=1S/3C23H21N7.4ClH/c3*1-2-5-19(6-3-1)21-17-20(18-7-11-24-12-8-18)22(28-27-21)29-13-15-30(16-14-29)23-25-9-4-10-26-23;;;;/h3*1-12,17H,13-16H2;4*1H. The molecule has 476 valence electrons. The Balaban J connectivity index is 0.000000163. The molecular weight excluding hydrogens is 1260 g/mol. The van der Waals surface area contributed by atoms with Crippen LogP contribution in [0, 0.1) is 0 Å². The number of hydrogen-bond donors (Lipinski definition) is 0. The molecule has 9 aromatic heterocycles. The van der Waals surface area contributed by atoms with Crippen LogP contribution < -0.4 is 29.4 Å². The Hall–Kier alpha value is -10.5. The summed E-state index contributed by atoms with van der Waals surface area (Å²) in [6, 6.07) is 54.4. The summed E-state index contributed by atoms with van der Waals surface area (Å²) in [7, 11) is 0. The van der Waals surface area contributed by atoms with Crippen LogP contribution in [0.5, 0.6) is 0 Å². The third-order valence-electron chi connectivity index (χ3n) is 15.7. The van der Waals surface area contributed by atoms with E-state index in [0.717, 1.165) is 181 Å². The summed E-state index contributed by atoms with van der Waals surface area (Å²) in [6.07, 6.45) is 21.6. The molecule has 15 rings (SSSR count). The van der Waals surface area contributed by atoms with Crippen molar-refractivity contribution in [3.63, 3.8) is 0 Å². The number of halogens is 4.